The van der Waals surface area contributed by atoms with E-state index >= 15 is 0 Å². The van der Waals surface area contributed by atoms with Gasteiger partial charge in [-0.3, -0.25) is 4.79 Å². The number of hydrogen-bond acceptors (Lipinski definition) is 6. The molecule has 4 aromatic rings. The fourth-order valence-electron chi connectivity index (χ4n) is 4.04. The number of aromatic nitrogens is 5. The average Bonchev–Trinajstić information content (AvgIpc) is 3.41. The summed E-state index contributed by atoms with van der Waals surface area (Å²) in [4.78, 5) is 27.1. The van der Waals surface area contributed by atoms with Gasteiger partial charge in [0, 0.05) is 24.6 Å². The number of carbonyl (C=O) groups is 1. The molecule has 0 bridgehead atoms. The number of amides is 1. The molecule has 5 rings (SSSR count). The lowest BCUT2D eigenvalue weighted by Crippen LogP contribution is -2.42. The number of carbonyl (C=O) groups excluding carboxylic acids is 1. The van der Waals surface area contributed by atoms with Gasteiger partial charge in [-0.05, 0) is 36.6 Å². The van der Waals surface area contributed by atoms with Gasteiger partial charge in [0.15, 0.2) is 0 Å². The third-order valence-corrected chi connectivity index (χ3v) is 6.54. The topological polar surface area (TPSA) is 76.3 Å². The first kappa shape index (κ1) is 19.0. The summed E-state index contributed by atoms with van der Waals surface area (Å²) in [6.07, 6.45) is -0.634. The molecule has 1 aliphatic rings. The van der Waals surface area contributed by atoms with Crippen molar-refractivity contribution in [2.75, 3.05) is 13.1 Å². The molecule has 7 nitrogen and oxygen atoms in total. The number of thiazole rings is 1. The molecule has 2 atom stereocenters. The fourth-order valence-corrected chi connectivity index (χ4v) is 4.70. The van der Waals surface area contributed by atoms with Crippen molar-refractivity contribution in [1.29, 1.82) is 0 Å². The standard InChI is InChI=1S/C20H18F2N6OS/c1-11-4-5-27(19(29)12-2-3-17-14(6-12)24-10-30-17)8-13(11)16-7-15(18(21)22)26-20-23-9-25-28(16)20/h2-3,6-7,9-11,13,18H,4-5,8H2,1H3/t11-,13-/m1/s1. The summed E-state index contributed by atoms with van der Waals surface area (Å²) < 4.78 is 29.3. The van der Waals surface area contributed by atoms with Gasteiger partial charge in [0.1, 0.15) is 12.0 Å². The minimum atomic E-state index is -2.70. The maximum atomic E-state index is 13.4. The molecule has 3 aromatic heterocycles. The summed E-state index contributed by atoms with van der Waals surface area (Å²) in [5.41, 5.74) is 3.41. The molecule has 1 saturated heterocycles. The lowest BCUT2D eigenvalue weighted by molar-refractivity contribution is 0.0665. The Hall–Kier alpha value is -3.01. The number of hydrogen-bond donors (Lipinski definition) is 0. The van der Waals surface area contributed by atoms with Crippen LogP contribution in [0, 0.1) is 5.92 Å². The first-order valence-corrected chi connectivity index (χ1v) is 10.5. The minimum Gasteiger partial charge on any atom is -0.338 e. The van der Waals surface area contributed by atoms with Gasteiger partial charge in [0.05, 0.1) is 21.4 Å². The molecular weight excluding hydrogens is 410 g/mol. The van der Waals surface area contributed by atoms with Crippen molar-refractivity contribution >= 4 is 33.2 Å². The van der Waals surface area contributed by atoms with E-state index < -0.39 is 6.43 Å². The Labute approximate surface area is 174 Å². The van der Waals surface area contributed by atoms with Crippen LogP contribution < -0.4 is 0 Å². The van der Waals surface area contributed by atoms with Crippen LogP contribution in [0.25, 0.3) is 16.0 Å². The minimum absolute atomic E-state index is 0.0835. The van der Waals surface area contributed by atoms with Gasteiger partial charge >= 0.3 is 0 Å². The number of rotatable bonds is 3. The predicted octanol–water partition coefficient (Wildman–Crippen LogP) is 3.94. The molecule has 10 heteroatoms. The average molecular weight is 428 g/mol. The van der Waals surface area contributed by atoms with E-state index in [0.29, 0.717) is 24.3 Å². The van der Waals surface area contributed by atoms with Gasteiger partial charge < -0.3 is 4.90 Å². The highest BCUT2D eigenvalue weighted by Gasteiger charge is 2.33. The zero-order valence-corrected chi connectivity index (χ0v) is 16.9. The van der Waals surface area contributed by atoms with E-state index in [4.69, 9.17) is 0 Å². The smallest absolute Gasteiger partial charge is 0.280 e. The first-order valence-electron chi connectivity index (χ1n) is 9.62. The second-order valence-corrected chi connectivity index (χ2v) is 8.42. The summed E-state index contributed by atoms with van der Waals surface area (Å²) in [5.74, 6) is 0.0954. The number of benzene rings is 1. The summed E-state index contributed by atoms with van der Waals surface area (Å²) in [6.45, 7) is 3.09. The summed E-state index contributed by atoms with van der Waals surface area (Å²) >= 11 is 1.53. The van der Waals surface area contributed by atoms with Crippen molar-refractivity contribution in [3.8, 4) is 0 Å². The van der Waals surface area contributed by atoms with Crippen molar-refractivity contribution in [2.45, 2.75) is 25.7 Å². The van der Waals surface area contributed by atoms with Crippen LogP contribution in [0.3, 0.4) is 0 Å². The van der Waals surface area contributed by atoms with Crippen molar-refractivity contribution in [3.63, 3.8) is 0 Å². The molecule has 1 fully saturated rings. The van der Waals surface area contributed by atoms with Crippen LogP contribution in [-0.4, -0.2) is 48.5 Å². The SMILES string of the molecule is C[C@@H]1CCN(C(=O)c2ccc3scnc3c2)C[C@H]1c1cc(C(F)F)nc2ncnn12. The molecule has 0 N–H and O–H groups in total. The van der Waals surface area contributed by atoms with Crippen molar-refractivity contribution in [2.24, 2.45) is 5.92 Å². The molecule has 1 aromatic carbocycles. The zero-order chi connectivity index (χ0) is 20.8. The summed E-state index contributed by atoms with van der Waals surface area (Å²) in [6, 6.07) is 6.91. The predicted molar refractivity (Wildman–Crippen MR) is 108 cm³/mol. The molecule has 0 saturated carbocycles. The van der Waals surface area contributed by atoms with Crippen molar-refractivity contribution < 1.29 is 13.6 Å². The molecule has 0 spiro atoms. The second-order valence-electron chi connectivity index (χ2n) is 7.54. The van der Waals surface area contributed by atoms with Gasteiger partial charge in [0.25, 0.3) is 18.1 Å². The Morgan fingerprint density at radius 1 is 1.27 bits per heavy atom. The van der Waals surface area contributed by atoms with Crippen LogP contribution in [0.15, 0.2) is 36.1 Å². The quantitative estimate of drug-likeness (QED) is 0.494. The van der Waals surface area contributed by atoms with Crippen LogP contribution in [0.2, 0.25) is 0 Å². The first-order chi connectivity index (χ1) is 14.5. The molecule has 0 radical (unpaired) electrons. The van der Waals surface area contributed by atoms with Crippen LogP contribution in [0.5, 0.6) is 0 Å². The largest absolute Gasteiger partial charge is 0.338 e. The fraction of sp³-hybridized carbons (Fsp3) is 0.350. The van der Waals surface area contributed by atoms with E-state index in [9.17, 15) is 13.6 Å². The molecule has 4 heterocycles. The molecule has 1 aliphatic heterocycles. The van der Waals surface area contributed by atoms with E-state index in [-0.39, 0.29) is 29.2 Å². The van der Waals surface area contributed by atoms with Crippen molar-refractivity contribution in [1.82, 2.24) is 29.5 Å². The van der Waals surface area contributed by atoms with Gasteiger partial charge in [-0.1, -0.05) is 6.92 Å². The highest BCUT2D eigenvalue weighted by atomic mass is 32.1. The Balaban J connectivity index is 1.48. The number of piperidine rings is 1. The summed E-state index contributed by atoms with van der Waals surface area (Å²) in [7, 11) is 0. The van der Waals surface area contributed by atoms with Crippen LogP contribution >= 0.6 is 11.3 Å². The van der Waals surface area contributed by atoms with E-state index in [1.807, 2.05) is 12.1 Å². The second kappa shape index (κ2) is 7.35. The Morgan fingerprint density at radius 2 is 2.13 bits per heavy atom. The van der Waals surface area contributed by atoms with Crippen LogP contribution in [0.4, 0.5) is 8.78 Å². The van der Waals surface area contributed by atoms with Gasteiger partial charge in [-0.2, -0.15) is 10.1 Å². The normalized spacial score (nSPS) is 19.8. The molecule has 154 valence electrons. The van der Waals surface area contributed by atoms with E-state index in [2.05, 4.69) is 27.0 Å². The number of nitrogens with zero attached hydrogens (tertiary/aromatic N) is 6. The number of fused-ring (bicyclic) bond motifs is 2. The Morgan fingerprint density at radius 3 is 2.97 bits per heavy atom. The number of alkyl halides is 2. The third kappa shape index (κ3) is 3.20. The number of likely N-dealkylation sites (tertiary alicyclic amines) is 1. The molecule has 30 heavy (non-hydrogen) atoms. The highest BCUT2D eigenvalue weighted by molar-refractivity contribution is 7.16. The maximum absolute atomic E-state index is 13.4. The molecular formula is C20H18F2N6OS. The molecule has 0 unspecified atom stereocenters. The van der Waals surface area contributed by atoms with E-state index in [0.717, 1.165) is 16.6 Å². The summed E-state index contributed by atoms with van der Waals surface area (Å²) in [5, 5.41) is 4.17. The Kier molecular flexibility index (Phi) is 4.65. The molecule has 1 amide bonds. The number of halogens is 2. The van der Waals surface area contributed by atoms with Gasteiger partial charge in [-0.25, -0.2) is 23.3 Å². The molecule has 0 aliphatic carbocycles. The van der Waals surface area contributed by atoms with Crippen LogP contribution in [-0.2, 0) is 0 Å². The van der Waals surface area contributed by atoms with E-state index in [1.165, 1.54) is 28.2 Å². The van der Waals surface area contributed by atoms with Gasteiger partial charge in [0.2, 0.25) is 0 Å². The van der Waals surface area contributed by atoms with Crippen molar-refractivity contribution in [3.05, 3.63) is 53.1 Å². The van der Waals surface area contributed by atoms with Crippen LogP contribution in [0.1, 0.15) is 47.4 Å². The lowest BCUT2D eigenvalue weighted by atomic mass is 9.84. The highest BCUT2D eigenvalue weighted by Crippen LogP contribution is 2.34. The monoisotopic (exact) mass is 428 g/mol. The van der Waals surface area contributed by atoms with Gasteiger partial charge in [-0.15, -0.1) is 11.3 Å². The Bertz CT molecular complexity index is 1240. The van der Waals surface area contributed by atoms with E-state index in [1.54, 1.807) is 16.5 Å². The lowest BCUT2D eigenvalue weighted by Gasteiger charge is -2.37. The maximum Gasteiger partial charge on any atom is 0.280 e. The zero-order valence-electron chi connectivity index (χ0n) is 16.1. The third-order valence-electron chi connectivity index (χ3n) is 5.73.